The van der Waals surface area contributed by atoms with Crippen molar-refractivity contribution < 1.29 is 12.8 Å². The van der Waals surface area contributed by atoms with E-state index in [9.17, 15) is 12.8 Å². The van der Waals surface area contributed by atoms with Crippen LogP contribution in [-0.4, -0.2) is 43.6 Å². The molecule has 0 aliphatic rings. The van der Waals surface area contributed by atoms with Crippen LogP contribution in [0.15, 0.2) is 16.7 Å². The molecule has 0 saturated heterocycles. The molecule has 1 rings (SSSR count). The predicted molar refractivity (Wildman–Crippen MR) is 77.1 cm³/mol. The summed E-state index contributed by atoms with van der Waals surface area (Å²) in [6.45, 7) is 3.08. The fourth-order valence-corrected chi connectivity index (χ4v) is 2.80. The second-order valence-corrected chi connectivity index (χ2v) is 6.92. The summed E-state index contributed by atoms with van der Waals surface area (Å²) in [5.74, 6) is -0.268. The van der Waals surface area contributed by atoms with Crippen molar-refractivity contribution >= 4 is 31.8 Å². The van der Waals surface area contributed by atoms with Gasteiger partial charge in [-0.1, -0.05) is 6.92 Å². The lowest BCUT2D eigenvalue weighted by Gasteiger charge is -2.17. The number of nitrogens with one attached hydrogen (secondary N) is 1. The number of nitrogens with zero attached hydrogens (tertiary/aromatic N) is 2. The van der Waals surface area contributed by atoms with Crippen LogP contribution in [0.4, 0.5) is 10.2 Å². The monoisotopic (exact) mass is 353 g/mol. The zero-order chi connectivity index (χ0) is 14.5. The fourth-order valence-electron chi connectivity index (χ4n) is 1.57. The molecule has 1 aromatic heterocycles. The summed E-state index contributed by atoms with van der Waals surface area (Å²) in [6.07, 6.45) is 3.26. The van der Waals surface area contributed by atoms with Gasteiger partial charge in [0.15, 0.2) is 11.6 Å². The molecule has 1 aromatic rings. The molecule has 0 fully saturated rings. The van der Waals surface area contributed by atoms with Gasteiger partial charge in [0.25, 0.3) is 0 Å². The standard InChI is InChI=1S/C11H17BrFN3O2S/c1-3-16(19(2,17)18)6-4-5-14-11-10(13)7-9(12)8-15-11/h7-8H,3-6H2,1-2H3,(H,14,15). The lowest BCUT2D eigenvalue weighted by atomic mass is 10.4. The summed E-state index contributed by atoms with van der Waals surface area (Å²) < 4.78 is 38.1. The largest absolute Gasteiger partial charge is 0.368 e. The van der Waals surface area contributed by atoms with Crippen LogP contribution in [0, 0.1) is 5.82 Å². The molecule has 0 aliphatic carbocycles. The molecule has 0 aliphatic heterocycles. The fraction of sp³-hybridized carbons (Fsp3) is 0.545. The van der Waals surface area contributed by atoms with E-state index in [0.717, 1.165) is 0 Å². The minimum absolute atomic E-state index is 0.172. The Kier molecular flexibility index (Phi) is 6.15. The van der Waals surface area contributed by atoms with Crippen molar-refractivity contribution in [3.05, 3.63) is 22.6 Å². The molecule has 1 heterocycles. The summed E-state index contributed by atoms with van der Waals surface area (Å²) in [5.41, 5.74) is 0. The average molecular weight is 354 g/mol. The van der Waals surface area contributed by atoms with Crippen LogP contribution >= 0.6 is 15.9 Å². The first-order valence-corrected chi connectivity index (χ1v) is 8.48. The third-order valence-corrected chi connectivity index (χ3v) is 4.32. The quantitative estimate of drug-likeness (QED) is 0.762. The van der Waals surface area contributed by atoms with E-state index in [2.05, 4.69) is 26.2 Å². The van der Waals surface area contributed by atoms with Crippen LogP contribution in [0.25, 0.3) is 0 Å². The molecule has 0 bridgehead atoms. The van der Waals surface area contributed by atoms with Gasteiger partial charge in [0.1, 0.15) is 0 Å². The SMILES string of the molecule is CCN(CCCNc1ncc(Br)cc1F)S(C)(=O)=O. The van der Waals surface area contributed by atoms with E-state index in [1.165, 1.54) is 22.8 Å². The molecule has 0 atom stereocenters. The van der Waals surface area contributed by atoms with Gasteiger partial charge >= 0.3 is 0 Å². The highest BCUT2D eigenvalue weighted by molar-refractivity contribution is 9.10. The van der Waals surface area contributed by atoms with Crippen LogP contribution in [0.1, 0.15) is 13.3 Å². The molecular formula is C11H17BrFN3O2S. The minimum Gasteiger partial charge on any atom is -0.368 e. The van der Waals surface area contributed by atoms with Gasteiger partial charge in [-0.15, -0.1) is 0 Å². The highest BCUT2D eigenvalue weighted by Crippen LogP contribution is 2.15. The van der Waals surface area contributed by atoms with Gasteiger partial charge in [-0.2, -0.15) is 0 Å². The molecule has 1 N–H and O–H groups in total. The summed E-state index contributed by atoms with van der Waals surface area (Å²) in [6, 6.07) is 1.32. The molecule has 0 saturated carbocycles. The molecular weight excluding hydrogens is 337 g/mol. The second-order valence-electron chi connectivity index (χ2n) is 4.02. The molecule has 108 valence electrons. The van der Waals surface area contributed by atoms with Crippen LogP contribution in [0.2, 0.25) is 0 Å². The highest BCUT2D eigenvalue weighted by atomic mass is 79.9. The number of pyridine rings is 1. The molecule has 19 heavy (non-hydrogen) atoms. The topological polar surface area (TPSA) is 62.3 Å². The zero-order valence-electron chi connectivity index (χ0n) is 10.9. The van der Waals surface area contributed by atoms with E-state index in [1.54, 1.807) is 6.92 Å². The Balaban J connectivity index is 2.42. The Morgan fingerprint density at radius 2 is 2.21 bits per heavy atom. The van der Waals surface area contributed by atoms with Crippen molar-refractivity contribution in [2.45, 2.75) is 13.3 Å². The van der Waals surface area contributed by atoms with Crippen molar-refractivity contribution in [1.29, 1.82) is 0 Å². The van der Waals surface area contributed by atoms with E-state index in [-0.39, 0.29) is 5.82 Å². The maximum atomic E-state index is 13.4. The maximum Gasteiger partial charge on any atom is 0.211 e. The Hall–Kier alpha value is -0.730. The molecule has 0 aromatic carbocycles. The van der Waals surface area contributed by atoms with E-state index in [0.29, 0.717) is 30.5 Å². The van der Waals surface area contributed by atoms with Gasteiger partial charge in [-0.25, -0.2) is 22.1 Å². The maximum absolute atomic E-state index is 13.4. The lowest BCUT2D eigenvalue weighted by molar-refractivity contribution is 0.428. The van der Waals surface area contributed by atoms with Crippen LogP contribution < -0.4 is 5.32 Å². The Bertz CT molecular complexity index is 525. The van der Waals surface area contributed by atoms with E-state index < -0.39 is 15.8 Å². The number of hydrogen-bond acceptors (Lipinski definition) is 4. The van der Waals surface area contributed by atoms with Crippen LogP contribution in [0.3, 0.4) is 0 Å². The Morgan fingerprint density at radius 3 is 2.74 bits per heavy atom. The van der Waals surface area contributed by atoms with Crippen molar-refractivity contribution in [3.8, 4) is 0 Å². The summed E-state index contributed by atoms with van der Waals surface area (Å²) in [5, 5.41) is 2.84. The molecule has 0 amide bonds. The molecule has 8 heteroatoms. The average Bonchev–Trinajstić information content (AvgIpc) is 2.29. The lowest BCUT2D eigenvalue weighted by Crippen LogP contribution is -2.31. The van der Waals surface area contributed by atoms with Crippen molar-refractivity contribution in [1.82, 2.24) is 9.29 Å². The second kappa shape index (κ2) is 7.16. The first-order valence-electron chi connectivity index (χ1n) is 5.84. The first-order chi connectivity index (χ1) is 8.84. The van der Waals surface area contributed by atoms with Crippen molar-refractivity contribution in [2.75, 3.05) is 31.2 Å². The van der Waals surface area contributed by atoms with Crippen molar-refractivity contribution in [3.63, 3.8) is 0 Å². The minimum atomic E-state index is -3.16. The Morgan fingerprint density at radius 1 is 1.53 bits per heavy atom. The van der Waals surface area contributed by atoms with Gasteiger partial charge in [-0.05, 0) is 28.4 Å². The molecule has 5 nitrogen and oxygen atoms in total. The Labute approximate surface area is 121 Å². The number of halogens is 2. The first kappa shape index (κ1) is 16.3. The number of hydrogen-bond donors (Lipinski definition) is 1. The molecule has 0 unspecified atom stereocenters. The summed E-state index contributed by atoms with van der Waals surface area (Å²) in [4.78, 5) is 3.90. The van der Waals surface area contributed by atoms with Gasteiger partial charge < -0.3 is 5.32 Å². The van der Waals surface area contributed by atoms with E-state index >= 15 is 0 Å². The van der Waals surface area contributed by atoms with Gasteiger partial charge in [0.2, 0.25) is 10.0 Å². The van der Waals surface area contributed by atoms with E-state index in [1.807, 2.05) is 0 Å². The predicted octanol–water partition coefficient (Wildman–Crippen LogP) is 2.07. The van der Waals surface area contributed by atoms with Gasteiger partial charge in [0.05, 0.1) is 6.26 Å². The number of aromatic nitrogens is 1. The zero-order valence-corrected chi connectivity index (χ0v) is 13.3. The number of anilines is 1. The normalized spacial score (nSPS) is 11.8. The number of rotatable bonds is 7. The van der Waals surface area contributed by atoms with Crippen LogP contribution in [0.5, 0.6) is 0 Å². The van der Waals surface area contributed by atoms with E-state index in [4.69, 9.17) is 0 Å². The van der Waals surface area contributed by atoms with Gasteiger partial charge in [0, 0.05) is 30.3 Å². The van der Waals surface area contributed by atoms with Gasteiger partial charge in [-0.3, -0.25) is 0 Å². The summed E-state index contributed by atoms with van der Waals surface area (Å²) in [7, 11) is -3.16. The third-order valence-electron chi connectivity index (χ3n) is 2.51. The molecule has 0 radical (unpaired) electrons. The number of sulfonamides is 1. The highest BCUT2D eigenvalue weighted by Gasteiger charge is 2.13. The molecule has 0 spiro atoms. The smallest absolute Gasteiger partial charge is 0.211 e. The van der Waals surface area contributed by atoms with Crippen LogP contribution in [-0.2, 0) is 10.0 Å². The summed E-state index contributed by atoms with van der Waals surface area (Å²) >= 11 is 3.12. The third kappa shape index (κ3) is 5.42. The van der Waals surface area contributed by atoms with Crippen molar-refractivity contribution in [2.24, 2.45) is 0 Å².